The number of carbonyl (C=O) groups excluding carboxylic acids is 1. The molecule has 0 aliphatic carbocycles. The Morgan fingerprint density at radius 1 is 1.24 bits per heavy atom. The number of fused-ring (bicyclic) bond motifs is 1. The van der Waals surface area contributed by atoms with E-state index < -0.39 is 12.3 Å². The summed E-state index contributed by atoms with van der Waals surface area (Å²) in [6, 6.07) is 8.61. The second kappa shape index (κ2) is 7.59. The van der Waals surface area contributed by atoms with Crippen LogP contribution in [0.15, 0.2) is 48.9 Å². The first-order valence-electron chi connectivity index (χ1n) is 8.62. The number of rotatable bonds is 5. The van der Waals surface area contributed by atoms with Crippen molar-refractivity contribution in [2.75, 3.05) is 5.32 Å². The lowest BCUT2D eigenvalue weighted by Crippen LogP contribution is -2.12. The van der Waals surface area contributed by atoms with E-state index in [2.05, 4.69) is 20.5 Å². The fraction of sp³-hybridized carbons (Fsp3) is 0.158. The standard InChI is InChI=1S/C19H15ClF2N6O/c1-11-5-16(17(21)22)28-18(25-11)15(8-24-28)19(29)26-14-7-23-27(10-14)9-12-3-2-4-13(20)6-12/h2-8,10,17H,9H2,1H3,(H,26,29). The zero-order chi connectivity index (χ0) is 20.5. The quantitative estimate of drug-likeness (QED) is 0.530. The van der Waals surface area contributed by atoms with Gasteiger partial charge in [0, 0.05) is 16.9 Å². The van der Waals surface area contributed by atoms with E-state index in [4.69, 9.17) is 11.6 Å². The molecule has 29 heavy (non-hydrogen) atoms. The number of halogens is 3. The Balaban J connectivity index is 1.55. The van der Waals surface area contributed by atoms with Gasteiger partial charge in [-0.2, -0.15) is 10.2 Å². The van der Waals surface area contributed by atoms with E-state index in [1.165, 1.54) is 18.5 Å². The molecule has 0 unspecified atom stereocenters. The summed E-state index contributed by atoms with van der Waals surface area (Å²) in [6.07, 6.45) is 1.64. The molecule has 0 bridgehead atoms. The van der Waals surface area contributed by atoms with Crippen molar-refractivity contribution in [1.82, 2.24) is 24.4 Å². The molecule has 0 saturated heterocycles. The average molecular weight is 417 g/mol. The van der Waals surface area contributed by atoms with Gasteiger partial charge in [-0.05, 0) is 30.7 Å². The maximum atomic E-state index is 13.2. The highest BCUT2D eigenvalue weighted by molar-refractivity contribution is 6.30. The molecule has 0 fully saturated rings. The number of benzene rings is 1. The van der Waals surface area contributed by atoms with E-state index in [0.717, 1.165) is 10.1 Å². The Morgan fingerprint density at radius 3 is 2.83 bits per heavy atom. The molecule has 0 aliphatic rings. The third-order valence-corrected chi connectivity index (χ3v) is 4.46. The Kier molecular flexibility index (Phi) is 4.98. The molecular formula is C19H15ClF2N6O. The van der Waals surface area contributed by atoms with Crippen molar-refractivity contribution in [2.45, 2.75) is 19.9 Å². The van der Waals surface area contributed by atoms with Gasteiger partial charge < -0.3 is 5.32 Å². The predicted molar refractivity (Wildman–Crippen MR) is 103 cm³/mol. The normalized spacial score (nSPS) is 11.3. The van der Waals surface area contributed by atoms with Crippen molar-refractivity contribution >= 4 is 28.8 Å². The van der Waals surface area contributed by atoms with Crippen LogP contribution in [0.2, 0.25) is 5.02 Å². The summed E-state index contributed by atoms with van der Waals surface area (Å²) in [5, 5.41) is 11.4. The minimum absolute atomic E-state index is 0.0733. The van der Waals surface area contributed by atoms with Crippen LogP contribution in [0.5, 0.6) is 0 Å². The Morgan fingerprint density at radius 2 is 2.07 bits per heavy atom. The average Bonchev–Trinajstić information content (AvgIpc) is 3.27. The van der Waals surface area contributed by atoms with Gasteiger partial charge in [-0.15, -0.1) is 0 Å². The molecule has 7 nitrogen and oxygen atoms in total. The Bertz CT molecular complexity index is 1200. The van der Waals surface area contributed by atoms with Crippen molar-refractivity contribution in [3.05, 3.63) is 76.5 Å². The van der Waals surface area contributed by atoms with Crippen LogP contribution in [-0.2, 0) is 6.54 Å². The fourth-order valence-corrected chi connectivity index (χ4v) is 3.18. The smallest absolute Gasteiger partial charge is 0.280 e. The number of hydrogen-bond acceptors (Lipinski definition) is 4. The molecular weight excluding hydrogens is 402 g/mol. The summed E-state index contributed by atoms with van der Waals surface area (Å²) in [4.78, 5) is 16.8. The second-order valence-corrected chi connectivity index (χ2v) is 6.86. The van der Waals surface area contributed by atoms with Crippen molar-refractivity contribution in [3.63, 3.8) is 0 Å². The van der Waals surface area contributed by atoms with E-state index in [1.54, 1.807) is 23.9 Å². The van der Waals surface area contributed by atoms with Crippen molar-refractivity contribution < 1.29 is 13.6 Å². The van der Waals surface area contributed by atoms with Gasteiger partial charge in [0.05, 0.1) is 24.6 Å². The van der Waals surface area contributed by atoms with Crippen LogP contribution in [0.3, 0.4) is 0 Å². The van der Waals surface area contributed by atoms with E-state index in [-0.39, 0.29) is 16.9 Å². The number of anilines is 1. The zero-order valence-electron chi connectivity index (χ0n) is 15.2. The van der Waals surface area contributed by atoms with Crippen LogP contribution >= 0.6 is 11.6 Å². The van der Waals surface area contributed by atoms with Crippen LogP contribution < -0.4 is 5.32 Å². The number of aryl methyl sites for hydroxylation is 1. The van der Waals surface area contributed by atoms with Crippen molar-refractivity contribution in [3.8, 4) is 0 Å². The van der Waals surface area contributed by atoms with Crippen LogP contribution in [0.1, 0.15) is 33.7 Å². The zero-order valence-corrected chi connectivity index (χ0v) is 15.9. The lowest BCUT2D eigenvalue weighted by atomic mass is 10.2. The number of amides is 1. The SMILES string of the molecule is Cc1cc(C(F)F)n2ncc(C(=O)Nc3cnn(Cc4cccc(Cl)c4)c3)c2n1. The third-order valence-electron chi connectivity index (χ3n) is 4.22. The van der Waals surface area contributed by atoms with Gasteiger partial charge in [0.2, 0.25) is 0 Å². The summed E-state index contributed by atoms with van der Waals surface area (Å²) < 4.78 is 29.1. The van der Waals surface area contributed by atoms with Crippen molar-refractivity contribution in [2.24, 2.45) is 0 Å². The van der Waals surface area contributed by atoms with Gasteiger partial charge in [-0.1, -0.05) is 23.7 Å². The molecule has 1 aromatic carbocycles. The van der Waals surface area contributed by atoms with E-state index in [0.29, 0.717) is 22.9 Å². The van der Waals surface area contributed by atoms with Crippen molar-refractivity contribution in [1.29, 1.82) is 0 Å². The summed E-state index contributed by atoms with van der Waals surface area (Å²) in [5.41, 5.74) is 1.64. The molecule has 1 amide bonds. The molecule has 4 aromatic rings. The van der Waals surface area contributed by atoms with E-state index in [9.17, 15) is 13.6 Å². The molecule has 0 radical (unpaired) electrons. The van der Waals surface area contributed by atoms with Gasteiger partial charge in [-0.3, -0.25) is 9.48 Å². The maximum Gasteiger partial charge on any atom is 0.280 e. The topological polar surface area (TPSA) is 77.1 Å². The molecule has 0 atom stereocenters. The minimum atomic E-state index is -2.74. The molecule has 4 rings (SSSR count). The summed E-state index contributed by atoms with van der Waals surface area (Å²) in [7, 11) is 0. The first kappa shape index (κ1) is 19.0. The van der Waals surface area contributed by atoms with Crippen LogP contribution in [0.25, 0.3) is 5.65 Å². The van der Waals surface area contributed by atoms with E-state index in [1.807, 2.05) is 18.2 Å². The summed E-state index contributed by atoms with van der Waals surface area (Å²) >= 11 is 5.98. The molecule has 3 heterocycles. The third kappa shape index (κ3) is 3.95. The highest BCUT2D eigenvalue weighted by Crippen LogP contribution is 2.22. The van der Waals surface area contributed by atoms with Gasteiger partial charge in [-0.25, -0.2) is 18.3 Å². The molecule has 0 aliphatic heterocycles. The number of hydrogen-bond donors (Lipinski definition) is 1. The number of carbonyl (C=O) groups is 1. The first-order chi connectivity index (χ1) is 13.9. The van der Waals surface area contributed by atoms with E-state index >= 15 is 0 Å². The molecule has 3 aromatic heterocycles. The Labute approximate surface area is 168 Å². The van der Waals surface area contributed by atoms with Gasteiger partial charge in [0.1, 0.15) is 11.3 Å². The van der Waals surface area contributed by atoms with Crippen LogP contribution in [-0.4, -0.2) is 30.3 Å². The first-order valence-corrected chi connectivity index (χ1v) is 9.00. The molecule has 0 spiro atoms. The fourth-order valence-electron chi connectivity index (χ4n) is 2.96. The lowest BCUT2D eigenvalue weighted by Gasteiger charge is -2.06. The number of nitrogens with zero attached hydrogens (tertiary/aromatic N) is 5. The molecule has 148 valence electrons. The number of nitrogens with one attached hydrogen (secondary N) is 1. The molecule has 10 heteroatoms. The maximum absolute atomic E-state index is 13.2. The molecule has 0 saturated carbocycles. The highest BCUT2D eigenvalue weighted by Gasteiger charge is 2.20. The predicted octanol–water partition coefficient (Wildman–Crippen LogP) is 4.13. The highest BCUT2D eigenvalue weighted by atomic mass is 35.5. The Hall–Kier alpha value is -3.33. The van der Waals surface area contributed by atoms with Gasteiger partial charge in [0.15, 0.2) is 5.65 Å². The minimum Gasteiger partial charge on any atom is -0.319 e. The molecule has 1 N–H and O–H groups in total. The monoisotopic (exact) mass is 416 g/mol. The lowest BCUT2D eigenvalue weighted by molar-refractivity contribution is 0.102. The largest absolute Gasteiger partial charge is 0.319 e. The van der Waals surface area contributed by atoms with Gasteiger partial charge in [0.25, 0.3) is 12.3 Å². The summed E-state index contributed by atoms with van der Waals surface area (Å²) in [5.74, 6) is -0.513. The number of aromatic nitrogens is 5. The second-order valence-electron chi connectivity index (χ2n) is 6.43. The van der Waals surface area contributed by atoms with Crippen LogP contribution in [0, 0.1) is 6.92 Å². The summed E-state index contributed by atoms with van der Waals surface area (Å²) in [6.45, 7) is 2.06. The van der Waals surface area contributed by atoms with Gasteiger partial charge >= 0.3 is 0 Å². The number of alkyl halides is 2. The van der Waals surface area contributed by atoms with Crippen LogP contribution in [0.4, 0.5) is 14.5 Å².